The summed E-state index contributed by atoms with van der Waals surface area (Å²) in [4.78, 5) is 2.78. The normalized spacial score (nSPS) is 23.9. The second-order valence-corrected chi connectivity index (χ2v) is 10.8. The van der Waals surface area contributed by atoms with Crippen LogP contribution in [-0.2, 0) is 11.2 Å². The van der Waals surface area contributed by atoms with Gasteiger partial charge in [-0.25, -0.2) is 4.68 Å². The molecule has 4 rings (SSSR count). The second kappa shape index (κ2) is 12.3. The Morgan fingerprint density at radius 2 is 1.88 bits per heavy atom. The van der Waals surface area contributed by atoms with Gasteiger partial charge in [-0.1, -0.05) is 50.1 Å². The van der Waals surface area contributed by atoms with E-state index in [4.69, 9.17) is 9.84 Å². The van der Waals surface area contributed by atoms with Crippen LogP contribution in [0.15, 0.2) is 30.3 Å². The van der Waals surface area contributed by atoms with Crippen molar-refractivity contribution in [2.24, 2.45) is 17.8 Å². The minimum absolute atomic E-state index is 0.241. The van der Waals surface area contributed by atoms with Gasteiger partial charge in [0, 0.05) is 32.8 Å². The zero-order chi connectivity index (χ0) is 23.9. The summed E-state index contributed by atoms with van der Waals surface area (Å²) in [6.45, 7) is 11.2. The molecule has 188 valence electrons. The molecule has 0 radical (unpaired) electrons. The fourth-order valence-corrected chi connectivity index (χ4v) is 6.27. The average molecular weight is 468 g/mol. The molecule has 34 heavy (non-hydrogen) atoms. The first-order valence-electron chi connectivity index (χ1n) is 13.6. The molecule has 1 aromatic carbocycles. The van der Waals surface area contributed by atoms with Crippen molar-refractivity contribution >= 4 is 0 Å². The third-order valence-electron chi connectivity index (χ3n) is 7.92. The van der Waals surface area contributed by atoms with Gasteiger partial charge in [0.1, 0.15) is 5.69 Å². The molecular formula is C28H45N5O. The van der Waals surface area contributed by atoms with Crippen molar-refractivity contribution in [3.8, 4) is 5.69 Å². The Balaban J connectivity index is 1.65. The summed E-state index contributed by atoms with van der Waals surface area (Å²) in [5.74, 6) is 2.23. The quantitative estimate of drug-likeness (QED) is 0.470. The molecule has 2 aliphatic rings. The number of piperidine rings is 1. The van der Waals surface area contributed by atoms with Crippen LogP contribution in [0.25, 0.3) is 5.69 Å². The number of nitrogens with one attached hydrogen (secondary N) is 1. The monoisotopic (exact) mass is 467 g/mol. The molecule has 2 fully saturated rings. The van der Waals surface area contributed by atoms with Crippen LogP contribution in [0.3, 0.4) is 0 Å². The first-order valence-corrected chi connectivity index (χ1v) is 13.6. The number of nitrogens with zero attached hydrogens (tertiary/aromatic N) is 4. The van der Waals surface area contributed by atoms with E-state index in [0.717, 1.165) is 62.2 Å². The predicted octanol–water partition coefficient (Wildman–Crippen LogP) is 5.03. The summed E-state index contributed by atoms with van der Waals surface area (Å²) in [6.07, 6.45) is 8.63. The Morgan fingerprint density at radius 1 is 1.09 bits per heavy atom. The SMILES string of the molecule is COCCCCc1c([C@@H](C)N(CC(C)C)C2CNCC3CCCCC32)nnn1-c1ccccc1. The molecule has 1 aliphatic heterocycles. The van der Waals surface area contributed by atoms with Gasteiger partial charge in [-0.15, -0.1) is 5.10 Å². The molecule has 1 saturated carbocycles. The van der Waals surface area contributed by atoms with Gasteiger partial charge < -0.3 is 10.1 Å². The first kappa shape index (κ1) is 25.3. The van der Waals surface area contributed by atoms with E-state index in [1.54, 1.807) is 7.11 Å². The van der Waals surface area contributed by atoms with Crippen LogP contribution in [0.5, 0.6) is 0 Å². The highest BCUT2D eigenvalue weighted by Gasteiger charge is 2.40. The van der Waals surface area contributed by atoms with Gasteiger partial charge in [0.25, 0.3) is 0 Å². The van der Waals surface area contributed by atoms with Gasteiger partial charge in [0.15, 0.2) is 0 Å². The third kappa shape index (κ3) is 5.89. The maximum absolute atomic E-state index is 5.31. The topological polar surface area (TPSA) is 55.2 Å². The number of ether oxygens (including phenoxy) is 1. The first-order chi connectivity index (χ1) is 16.6. The lowest BCUT2D eigenvalue weighted by Gasteiger charge is -2.48. The number of benzene rings is 1. The summed E-state index contributed by atoms with van der Waals surface area (Å²) in [5, 5.41) is 13.3. The number of rotatable bonds is 11. The smallest absolute Gasteiger partial charge is 0.103 e. The highest BCUT2D eigenvalue weighted by atomic mass is 16.5. The largest absolute Gasteiger partial charge is 0.385 e. The second-order valence-electron chi connectivity index (χ2n) is 10.8. The molecule has 1 saturated heterocycles. The van der Waals surface area contributed by atoms with Crippen molar-refractivity contribution in [3.63, 3.8) is 0 Å². The molecule has 1 aromatic heterocycles. The van der Waals surface area contributed by atoms with E-state index in [-0.39, 0.29) is 6.04 Å². The van der Waals surface area contributed by atoms with E-state index in [1.165, 1.54) is 37.9 Å². The van der Waals surface area contributed by atoms with Crippen molar-refractivity contribution in [3.05, 3.63) is 41.7 Å². The molecule has 6 heteroatoms. The van der Waals surface area contributed by atoms with Crippen LogP contribution in [0.1, 0.15) is 76.7 Å². The van der Waals surface area contributed by atoms with Gasteiger partial charge in [-0.2, -0.15) is 0 Å². The maximum Gasteiger partial charge on any atom is 0.103 e. The Hall–Kier alpha value is -1.76. The lowest BCUT2D eigenvalue weighted by molar-refractivity contribution is 0.0203. The maximum atomic E-state index is 5.31. The molecule has 6 nitrogen and oxygen atoms in total. The molecular weight excluding hydrogens is 422 g/mol. The number of hydrogen-bond donors (Lipinski definition) is 1. The van der Waals surface area contributed by atoms with Gasteiger partial charge in [0.05, 0.1) is 17.4 Å². The van der Waals surface area contributed by atoms with Crippen molar-refractivity contribution in [1.29, 1.82) is 0 Å². The highest BCUT2D eigenvalue weighted by molar-refractivity contribution is 5.34. The number of unbranched alkanes of at least 4 members (excludes halogenated alkanes) is 1. The van der Waals surface area contributed by atoms with Crippen molar-refractivity contribution < 1.29 is 4.74 Å². The lowest BCUT2D eigenvalue weighted by Crippen LogP contribution is -2.57. The Bertz CT molecular complexity index is 865. The summed E-state index contributed by atoms with van der Waals surface area (Å²) in [6, 6.07) is 11.3. The summed E-state index contributed by atoms with van der Waals surface area (Å²) in [7, 11) is 1.78. The van der Waals surface area contributed by atoms with E-state index >= 15 is 0 Å². The summed E-state index contributed by atoms with van der Waals surface area (Å²) >= 11 is 0. The number of aromatic nitrogens is 3. The zero-order valence-electron chi connectivity index (χ0n) is 21.7. The van der Waals surface area contributed by atoms with Crippen LogP contribution >= 0.6 is 0 Å². The lowest BCUT2D eigenvalue weighted by atomic mass is 9.72. The van der Waals surface area contributed by atoms with Crippen LogP contribution in [0.2, 0.25) is 0 Å². The van der Waals surface area contributed by atoms with E-state index < -0.39 is 0 Å². The number of fused-ring (bicyclic) bond motifs is 1. The molecule has 4 atom stereocenters. The van der Waals surface area contributed by atoms with Gasteiger partial charge >= 0.3 is 0 Å². The van der Waals surface area contributed by atoms with Gasteiger partial charge in [-0.3, -0.25) is 4.90 Å². The molecule has 1 N–H and O–H groups in total. The van der Waals surface area contributed by atoms with Gasteiger partial charge in [0.2, 0.25) is 0 Å². The molecule has 0 spiro atoms. The van der Waals surface area contributed by atoms with E-state index in [1.807, 2.05) is 0 Å². The summed E-state index contributed by atoms with van der Waals surface area (Å²) < 4.78 is 7.39. The molecule has 3 unspecified atom stereocenters. The van der Waals surface area contributed by atoms with Crippen LogP contribution < -0.4 is 5.32 Å². The van der Waals surface area contributed by atoms with Crippen LogP contribution in [0, 0.1) is 17.8 Å². The molecule has 0 bridgehead atoms. The highest BCUT2D eigenvalue weighted by Crippen LogP contribution is 2.39. The zero-order valence-corrected chi connectivity index (χ0v) is 21.7. The molecule has 0 amide bonds. The predicted molar refractivity (Wildman–Crippen MR) is 138 cm³/mol. The van der Waals surface area contributed by atoms with Crippen LogP contribution in [-0.4, -0.2) is 59.3 Å². The fraction of sp³-hybridized carbons (Fsp3) is 0.714. The third-order valence-corrected chi connectivity index (χ3v) is 7.92. The minimum atomic E-state index is 0.241. The van der Waals surface area contributed by atoms with Gasteiger partial charge in [-0.05, 0) is 75.5 Å². The molecule has 2 heterocycles. The number of para-hydroxylation sites is 1. The van der Waals surface area contributed by atoms with E-state index in [9.17, 15) is 0 Å². The van der Waals surface area contributed by atoms with E-state index in [0.29, 0.717) is 12.0 Å². The van der Waals surface area contributed by atoms with Crippen molar-refractivity contribution in [2.75, 3.05) is 33.4 Å². The van der Waals surface area contributed by atoms with Crippen molar-refractivity contribution in [1.82, 2.24) is 25.2 Å². The minimum Gasteiger partial charge on any atom is -0.385 e. The Labute approximate surface area is 206 Å². The summed E-state index contributed by atoms with van der Waals surface area (Å²) in [5.41, 5.74) is 3.50. The molecule has 1 aliphatic carbocycles. The number of methoxy groups -OCH3 is 1. The average Bonchev–Trinajstić information content (AvgIpc) is 3.29. The fourth-order valence-electron chi connectivity index (χ4n) is 6.27. The standard InChI is InChI=1S/C28H45N5O/c1-21(2)20-32(27-19-29-18-23-12-8-9-15-25(23)27)22(3)28-26(16-10-11-17-34-4)33(31-30-28)24-13-6-5-7-14-24/h5-7,13-14,21-23,25,27,29H,8-12,15-20H2,1-4H3/t22-,23?,25?,27?/m1/s1. The van der Waals surface area contributed by atoms with E-state index in [2.05, 4.69) is 71.2 Å². The van der Waals surface area contributed by atoms with Crippen LogP contribution in [0.4, 0.5) is 0 Å². The van der Waals surface area contributed by atoms with Crippen molar-refractivity contribution in [2.45, 2.75) is 77.8 Å². The molecule has 2 aromatic rings. The number of hydrogen-bond acceptors (Lipinski definition) is 5. The Kier molecular flexibility index (Phi) is 9.15. The Morgan fingerprint density at radius 3 is 2.65 bits per heavy atom.